The Hall–Kier alpha value is 3.74. The van der Waals surface area contributed by atoms with E-state index < -0.39 is 26.7 Å². The van der Waals surface area contributed by atoms with Gasteiger partial charge in [-0.05, 0) is 0 Å². The fraction of sp³-hybridized carbons (Fsp3) is 0. The van der Waals surface area contributed by atoms with Crippen LogP contribution in [0.2, 0.25) is 0 Å². The van der Waals surface area contributed by atoms with Gasteiger partial charge in [0.25, 0.3) is 0 Å². The van der Waals surface area contributed by atoms with Crippen molar-refractivity contribution in [3.8, 4) is 0 Å². The molecule has 0 aliphatic rings. The van der Waals surface area contributed by atoms with Crippen molar-refractivity contribution in [2.45, 2.75) is 0 Å². The Morgan fingerprint density at radius 1 is 0.474 bits per heavy atom. The van der Waals surface area contributed by atoms with E-state index in [1.165, 1.54) is 0 Å². The molecule has 112 valence electrons. The summed E-state index contributed by atoms with van der Waals surface area (Å²) >= 11 is -11.5. The second-order valence-corrected chi connectivity index (χ2v) is 4.24. The third-order valence-corrected chi connectivity index (χ3v) is 0. The summed E-state index contributed by atoms with van der Waals surface area (Å²) in [6.45, 7) is 0. The molecule has 14 nitrogen and oxygen atoms in total. The molecule has 0 heterocycles. The summed E-state index contributed by atoms with van der Waals surface area (Å²) < 4.78 is 68.8. The van der Waals surface area contributed by atoms with Crippen molar-refractivity contribution >= 4 is 26.7 Å². The molecule has 0 aromatic heterocycles. The molecule has 0 aromatic carbocycles. The Balaban J connectivity index is -0.00000000508. The van der Waals surface area contributed by atoms with Crippen LogP contribution in [0.5, 0.6) is 0 Å². The number of rotatable bonds is 0. The first kappa shape index (κ1) is 78.0. The van der Waals surface area contributed by atoms with E-state index in [0.29, 0.717) is 0 Å². The molecule has 0 bridgehead atoms. The van der Waals surface area contributed by atoms with Gasteiger partial charge in [0.05, 0.1) is 0 Å². The van der Waals surface area contributed by atoms with Gasteiger partial charge in [0.2, 0.25) is 0 Å². The van der Waals surface area contributed by atoms with Gasteiger partial charge in [-0.15, -0.1) is 0 Å². The molecule has 0 aliphatic carbocycles. The molecule has 0 amide bonds. The zero-order valence-electron chi connectivity index (χ0n) is 10.3. The van der Waals surface area contributed by atoms with Crippen LogP contribution in [-0.4, -0.2) is 26.7 Å². The van der Waals surface area contributed by atoms with Crippen molar-refractivity contribution in [1.82, 2.24) is 0 Å². The average Bonchev–Trinajstić information content (AvgIpc) is 1.12. The monoisotopic (exact) mass is 544 g/mol. The normalized spacial score (nSPS) is 6.11. The van der Waals surface area contributed by atoms with Crippen LogP contribution in [0, 0.1) is 0 Å². The zero-order chi connectivity index (χ0) is 9.00. The smallest absolute Gasteiger partial charge is 0.457 e. The van der Waals surface area contributed by atoms with E-state index in [4.69, 9.17) is 32.1 Å². The number of hydrogen-bond donors (Lipinski definition) is 0. The molecule has 0 aromatic rings. The fourth-order valence-corrected chi connectivity index (χ4v) is 0. The van der Waals surface area contributed by atoms with Crippen LogP contribution in [-0.2, 0) is 67.7 Å². The Bertz CT molecular complexity index is 220. The summed E-state index contributed by atoms with van der Waals surface area (Å²) in [7, 11) is 0. The van der Waals surface area contributed by atoms with Crippen LogP contribution >= 0.6 is 0 Å². The van der Waals surface area contributed by atoms with Crippen LogP contribution in [0.1, 0.15) is 0 Å². The Morgan fingerprint density at radius 2 is 0.474 bits per heavy atom. The van der Waals surface area contributed by atoms with E-state index in [2.05, 4.69) is 0 Å². The van der Waals surface area contributed by atoms with Crippen molar-refractivity contribution in [3.05, 3.63) is 0 Å². The molecule has 19 heteroatoms. The van der Waals surface area contributed by atoms with Gasteiger partial charge in [-0.25, -0.2) is 0 Å². The van der Waals surface area contributed by atoms with E-state index >= 15 is 0 Å². The van der Waals surface area contributed by atoms with Gasteiger partial charge in [0.1, 0.15) is 0 Å². The molecule has 0 atom stereocenters. The maximum absolute atomic E-state index is 8.59. The van der Waals surface area contributed by atoms with E-state index in [-0.39, 0.29) is 155 Å². The first-order valence-corrected chi connectivity index (χ1v) is 6.93. The maximum atomic E-state index is 8.59. The van der Waals surface area contributed by atoms with E-state index in [1.54, 1.807) is 0 Å². The van der Waals surface area contributed by atoms with Crippen LogP contribution in [0.3, 0.4) is 0 Å². The SMILES string of the molecule is O=[Se](=O)([O-])[O-].O=[Se](=O)([O-])[O-].[K+].[K+].[OH3+].[OH3+].[OH3+].[OH3+].[OH3+].[OH3+].[Zn+2]. The van der Waals surface area contributed by atoms with Crippen LogP contribution in [0.4, 0.5) is 0 Å². The average molecular weight is 544 g/mol. The van der Waals surface area contributed by atoms with Crippen LogP contribution < -0.4 is 120 Å². The summed E-state index contributed by atoms with van der Waals surface area (Å²) in [6.07, 6.45) is 0. The molecule has 0 aliphatic heterocycles. The maximum Gasteiger partial charge on any atom is 2.00 e. The molecule has 0 spiro atoms. The Kier molecular flexibility index (Phi) is 155. The third kappa shape index (κ3) is 607. The van der Waals surface area contributed by atoms with Crippen molar-refractivity contribution < 1.29 is 187 Å². The second-order valence-electron chi connectivity index (χ2n) is 0.816. The quantitative estimate of drug-likeness (QED) is 0.208. The van der Waals surface area contributed by atoms with Gasteiger partial charge < -0.3 is 32.9 Å². The van der Waals surface area contributed by atoms with Gasteiger partial charge in [-0.2, -0.15) is 0 Å². The zero-order valence-corrected chi connectivity index (χ0v) is 22.9. The molecule has 0 saturated carbocycles. The molecule has 0 rings (SSSR count). The van der Waals surface area contributed by atoms with Gasteiger partial charge in [-0.3, -0.25) is 0 Å². The summed E-state index contributed by atoms with van der Waals surface area (Å²) in [6, 6.07) is 0. The summed E-state index contributed by atoms with van der Waals surface area (Å²) in [5.41, 5.74) is 0. The molecule has 0 fully saturated rings. The first-order chi connectivity index (χ1) is 4.00. The van der Waals surface area contributed by atoms with E-state index in [9.17, 15) is 0 Å². The summed E-state index contributed by atoms with van der Waals surface area (Å²) in [4.78, 5) is 0. The van der Waals surface area contributed by atoms with Crippen molar-refractivity contribution in [1.29, 1.82) is 0 Å². The molecule has 0 unspecified atom stereocenters. The Morgan fingerprint density at radius 3 is 0.474 bits per heavy atom. The number of hydrogen-bond acceptors (Lipinski definition) is 8. The van der Waals surface area contributed by atoms with Gasteiger partial charge >= 0.3 is 181 Å². The predicted octanol–water partition coefficient (Wildman–Crippen LogP) is -17.5. The minimum absolute atomic E-state index is 0. The second kappa shape index (κ2) is 37.7. The van der Waals surface area contributed by atoms with Crippen molar-refractivity contribution in [2.24, 2.45) is 0 Å². The predicted molar refractivity (Wildman–Crippen MR) is 43.5 cm³/mol. The largest absolute Gasteiger partial charge is 2.00 e. The van der Waals surface area contributed by atoms with Crippen molar-refractivity contribution in [3.63, 3.8) is 0 Å². The minimum Gasteiger partial charge on any atom is -0.457 e. The molecular formula is H18K2O14Se2Zn+6. The first-order valence-electron chi connectivity index (χ1n) is 1.33. The van der Waals surface area contributed by atoms with Gasteiger partial charge in [0.15, 0.2) is 0 Å². The van der Waals surface area contributed by atoms with Crippen molar-refractivity contribution in [2.75, 3.05) is 0 Å². The standard InChI is InChI=1S/2K.2H2O4Se.6H2O.Zn/c;;2*1-5(2,3)4;;;;;;;/h;;2*(H2,1,2,3,4);6*1H2;/q2*+1;;;;;;;;;+2/p+2. The third-order valence-electron chi connectivity index (χ3n) is 0. The molecule has 0 radical (unpaired) electrons. The topological polar surface area (TPSA) is 359 Å². The van der Waals surface area contributed by atoms with Gasteiger partial charge in [0, 0.05) is 0 Å². The molecule has 19 heavy (non-hydrogen) atoms. The van der Waals surface area contributed by atoms with Crippen LogP contribution in [0.15, 0.2) is 0 Å². The molecular weight excluding hydrogens is 525 g/mol. The summed E-state index contributed by atoms with van der Waals surface area (Å²) in [5, 5.41) is 0. The van der Waals surface area contributed by atoms with E-state index in [0.717, 1.165) is 0 Å². The van der Waals surface area contributed by atoms with E-state index in [1.807, 2.05) is 0 Å². The molecule has 18 N–H and O–H groups in total. The Labute approximate surface area is 209 Å². The fourth-order valence-electron chi connectivity index (χ4n) is 0. The van der Waals surface area contributed by atoms with Gasteiger partial charge in [-0.1, -0.05) is 0 Å². The minimum atomic E-state index is -5.75. The molecule has 0 saturated heterocycles. The summed E-state index contributed by atoms with van der Waals surface area (Å²) in [5.74, 6) is 0. The van der Waals surface area contributed by atoms with Crippen LogP contribution in [0.25, 0.3) is 0 Å².